The molecule has 5 rings (SSSR count). The Bertz CT molecular complexity index is 953. The summed E-state index contributed by atoms with van der Waals surface area (Å²) in [5, 5.41) is 2.91. The molecule has 3 aliphatic rings. The molecule has 7 nitrogen and oxygen atoms in total. The minimum absolute atomic E-state index is 0.0750. The first-order valence-corrected chi connectivity index (χ1v) is 9.23. The average Bonchev–Trinajstić information content (AvgIpc) is 3.45. The van der Waals surface area contributed by atoms with E-state index in [1.54, 1.807) is 48.6 Å². The Morgan fingerprint density at radius 2 is 2.25 bits per heavy atom. The number of fused-ring (bicyclic) bond motifs is 1. The van der Waals surface area contributed by atoms with Crippen molar-refractivity contribution in [3.63, 3.8) is 0 Å². The summed E-state index contributed by atoms with van der Waals surface area (Å²) in [7, 11) is 1.57. The number of nitrogens with zero attached hydrogens (tertiary/aromatic N) is 1. The van der Waals surface area contributed by atoms with E-state index in [1.807, 2.05) is 18.2 Å². The fourth-order valence-electron chi connectivity index (χ4n) is 4.53. The molecule has 144 valence electrons. The molecule has 2 amide bonds. The fourth-order valence-corrected chi connectivity index (χ4v) is 4.53. The zero-order valence-corrected chi connectivity index (χ0v) is 15.3. The predicted octanol–water partition coefficient (Wildman–Crippen LogP) is 2.21. The smallest absolute Gasteiger partial charge is 0.231 e. The number of benzene rings is 1. The normalized spacial score (nSPS) is 30.0. The Labute approximate surface area is 161 Å². The van der Waals surface area contributed by atoms with Gasteiger partial charge in [0.15, 0.2) is 0 Å². The van der Waals surface area contributed by atoms with Crippen LogP contribution in [-0.4, -0.2) is 42.1 Å². The lowest BCUT2D eigenvalue weighted by atomic mass is 9.77. The zero-order valence-electron chi connectivity index (χ0n) is 15.3. The number of nitrogens with one attached hydrogen (secondary N) is 1. The van der Waals surface area contributed by atoms with E-state index >= 15 is 0 Å². The van der Waals surface area contributed by atoms with Gasteiger partial charge in [-0.2, -0.15) is 0 Å². The molecule has 4 atom stereocenters. The number of hydrogen-bond acceptors (Lipinski definition) is 5. The van der Waals surface area contributed by atoms with Crippen molar-refractivity contribution in [1.82, 2.24) is 4.90 Å². The Hall–Kier alpha value is -3.06. The van der Waals surface area contributed by atoms with Gasteiger partial charge in [0.1, 0.15) is 17.1 Å². The number of furan rings is 1. The van der Waals surface area contributed by atoms with Crippen LogP contribution in [0, 0.1) is 11.8 Å². The Morgan fingerprint density at radius 1 is 1.36 bits per heavy atom. The summed E-state index contributed by atoms with van der Waals surface area (Å²) >= 11 is 0. The van der Waals surface area contributed by atoms with E-state index in [-0.39, 0.29) is 17.9 Å². The van der Waals surface area contributed by atoms with E-state index in [4.69, 9.17) is 13.9 Å². The van der Waals surface area contributed by atoms with Gasteiger partial charge < -0.3 is 24.1 Å². The van der Waals surface area contributed by atoms with Gasteiger partial charge in [-0.3, -0.25) is 9.59 Å². The van der Waals surface area contributed by atoms with Gasteiger partial charge in [-0.1, -0.05) is 18.2 Å². The summed E-state index contributed by atoms with van der Waals surface area (Å²) in [5.41, 5.74) is -0.104. The van der Waals surface area contributed by atoms with Crippen molar-refractivity contribution in [3.8, 4) is 5.75 Å². The summed E-state index contributed by atoms with van der Waals surface area (Å²) in [6, 6.07) is 10.8. The Morgan fingerprint density at radius 3 is 3.04 bits per heavy atom. The third-order valence-corrected chi connectivity index (χ3v) is 5.75. The molecule has 7 heteroatoms. The lowest BCUT2D eigenvalue weighted by Gasteiger charge is -2.23. The molecule has 2 bridgehead atoms. The standard InChI is InChI=1S/C21H20N2O5/c1-26-14-5-2-4-13(10-14)22-19(24)17-16-7-8-21(28-16)12-23(20(25)18(17)21)11-15-6-3-9-27-15/h2-10,16-18H,11-12H2,1H3,(H,22,24). The van der Waals surface area contributed by atoms with Crippen LogP contribution < -0.4 is 10.1 Å². The van der Waals surface area contributed by atoms with Crippen LogP contribution >= 0.6 is 0 Å². The number of carbonyl (C=O) groups is 2. The molecular weight excluding hydrogens is 360 g/mol. The molecule has 28 heavy (non-hydrogen) atoms. The van der Waals surface area contributed by atoms with Crippen molar-refractivity contribution in [3.05, 3.63) is 60.6 Å². The zero-order chi connectivity index (χ0) is 19.3. The molecule has 3 aliphatic heterocycles. The number of carbonyl (C=O) groups excluding carboxylic acids is 2. The van der Waals surface area contributed by atoms with Gasteiger partial charge in [-0.05, 0) is 24.3 Å². The van der Waals surface area contributed by atoms with E-state index in [0.29, 0.717) is 30.3 Å². The topological polar surface area (TPSA) is 81.0 Å². The Balaban J connectivity index is 1.38. The highest BCUT2D eigenvalue weighted by molar-refractivity contribution is 5.99. The Kier molecular flexibility index (Phi) is 3.80. The molecule has 0 saturated carbocycles. The van der Waals surface area contributed by atoms with E-state index in [1.165, 1.54) is 0 Å². The van der Waals surface area contributed by atoms with Crippen molar-refractivity contribution in [1.29, 1.82) is 0 Å². The third-order valence-electron chi connectivity index (χ3n) is 5.75. The number of anilines is 1. The van der Waals surface area contributed by atoms with Gasteiger partial charge in [-0.15, -0.1) is 0 Å². The molecule has 0 aliphatic carbocycles. The summed E-state index contributed by atoms with van der Waals surface area (Å²) in [6.45, 7) is 0.795. The summed E-state index contributed by atoms with van der Waals surface area (Å²) in [5.74, 6) is -0.0225. The minimum Gasteiger partial charge on any atom is -0.497 e. The SMILES string of the molecule is COc1cccc(NC(=O)C2C3C=CC4(CN(Cc5ccco5)C(=O)C24)O3)c1. The molecule has 1 aromatic heterocycles. The number of ether oxygens (including phenoxy) is 2. The first kappa shape index (κ1) is 17.1. The minimum atomic E-state index is -0.731. The quantitative estimate of drug-likeness (QED) is 0.805. The second kappa shape index (κ2) is 6.24. The molecular formula is C21H20N2O5. The highest BCUT2D eigenvalue weighted by Crippen LogP contribution is 2.52. The third kappa shape index (κ3) is 2.54. The number of amides is 2. The lowest BCUT2D eigenvalue weighted by Crippen LogP contribution is -2.41. The van der Waals surface area contributed by atoms with Crippen molar-refractivity contribution in [2.24, 2.45) is 11.8 Å². The first-order valence-electron chi connectivity index (χ1n) is 9.23. The molecule has 4 unspecified atom stereocenters. The second-order valence-electron chi connectivity index (χ2n) is 7.39. The van der Waals surface area contributed by atoms with E-state index in [2.05, 4.69) is 5.32 Å². The van der Waals surface area contributed by atoms with Crippen LogP contribution in [0.2, 0.25) is 0 Å². The van der Waals surface area contributed by atoms with Crippen molar-refractivity contribution >= 4 is 17.5 Å². The van der Waals surface area contributed by atoms with Gasteiger partial charge in [0, 0.05) is 11.8 Å². The van der Waals surface area contributed by atoms with Crippen LogP contribution in [0.15, 0.2) is 59.2 Å². The fraction of sp³-hybridized carbons (Fsp3) is 0.333. The van der Waals surface area contributed by atoms with Gasteiger partial charge in [0.2, 0.25) is 11.8 Å². The van der Waals surface area contributed by atoms with Crippen molar-refractivity contribution < 1.29 is 23.5 Å². The van der Waals surface area contributed by atoms with Gasteiger partial charge in [-0.25, -0.2) is 0 Å². The van der Waals surface area contributed by atoms with Crippen LogP contribution in [0.3, 0.4) is 0 Å². The molecule has 1 spiro atoms. The summed E-state index contributed by atoms with van der Waals surface area (Å²) in [6.07, 6.45) is 5.04. The van der Waals surface area contributed by atoms with E-state index in [0.717, 1.165) is 0 Å². The maximum atomic E-state index is 13.1. The molecule has 1 aromatic carbocycles. The van der Waals surface area contributed by atoms with Crippen LogP contribution in [0.4, 0.5) is 5.69 Å². The van der Waals surface area contributed by atoms with Crippen molar-refractivity contribution in [2.75, 3.05) is 19.0 Å². The monoisotopic (exact) mass is 380 g/mol. The average molecular weight is 380 g/mol. The highest BCUT2D eigenvalue weighted by Gasteiger charge is 2.66. The number of likely N-dealkylation sites (tertiary alicyclic amines) is 1. The molecule has 2 aromatic rings. The van der Waals surface area contributed by atoms with Gasteiger partial charge in [0.05, 0.1) is 44.4 Å². The predicted molar refractivity (Wildman–Crippen MR) is 99.5 cm³/mol. The van der Waals surface area contributed by atoms with Crippen LogP contribution in [0.1, 0.15) is 5.76 Å². The summed E-state index contributed by atoms with van der Waals surface area (Å²) < 4.78 is 16.7. The van der Waals surface area contributed by atoms with Gasteiger partial charge in [0.25, 0.3) is 0 Å². The summed E-state index contributed by atoms with van der Waals surface area (Å²) in [4.78, 5) is 27.9. The largest absolute Gasteiger partial charge is 0.497 e. The van der Waals surface area contributed by atoms with Crippen LogP contribution in [-0.2, 0) is 20.9 Å². The van der Waals surface area contributed by atoms with Crippen LogP contribution in [0.25, 0.3) is 0 Å². The molecule has 0 radical (unpaired) electrons. The molecule has 2 saturated heterocycles. The lowest BCUT2D eigenvalue weighted by molar-refractivity contribution is -0.136. The maximum Gasteiger partial charge on any atom is 0.231 e. The molecule has 4 heterocycles. The highest BCUT2D eigenvalue weighted by atomic mass is 16.5. The van der Waals surface area contributed by atoms with Crippen LogP contribution in [0.5, 0.6) is 5.75 Å². The first-order chi connectivity index (χ1) is 13.6. The second-order valence-corrected chi connectivity index (χ2v) is 7.39. The molecule has 1 N–H and O–H groups in total. The number of rotatable bonds is 5. The number of methoxy groups -OCH3 is 1. The number of hydrogen-bond donors (Lipinski definition) is 1. The van der Waals surface area contributed by atoms with E-state index in [9.17, 15) is 9.59 Å². The maximum absolute atomic E-state index is 13.1. The van der Waals surface area contributed by atoms with E-state index < -0.39 is 17.4 Å². The van der Waals surface area contributed by atoms with Gasteiger partial charge >= 0.3 is 0 Å². The molecule has 2 fully saturated rings. The van der Waals surface area contributed by atoms with Crippen molar-refractivity contribution in [2.45, 2.75) is 18.2 Å².